The summed E-state index contributed by atoms with van der Waals surface area (Å²) in [4.78, 5) is 24.1. The number of nitrogens with zero attached hydrogens (tertiary/aromatic N) is 3. The molecule has 1 heterocycles. The summed E-state index contributed by atoms with van der Waals surface area (Å²) in [6.45, 7) is 1.64. The Labute approximate surface area is 206 Å². The number of rotatable bonds is 9. The number of amides is 1. The van der Waals surface area contributed by atoms with Crippen molar-refractivity contribution in [3.63, 3.8) is 0 Å². The van der Waals surface area contributed by atoms with Crippen molar-refractivity contribution in [2.45, 2.75) is 18.7 Å². The van der Waals surface area contributed by atoms with Gasteiger partial charge in [0.05, 0.1) is 10.8 Å². The highest BCUT2D eigenvalue weighted by Crippen LogP contribution is 2.26. The van der Waals surface area contributed by atoms with E-state index in [1.54, 1.807) is 36.4 Å². The number of carbonyl (C=O) groups excluding carboxylic acids is 2. The number of aromatic nitrogens is 3. The number of carbonyl (C=O) groups is 2. The van der Waals surface area contributed by atoms with Crippen molar-refractivity contribution in [3.05, 3.63) is 95.3 Å². The maximum atomic E-state index is 12.6. The smallest absolute Gasteiger partial charge is 0.234 e. The first-order chi connectivity index (χ1) is 16.5. The molecule has 0 fully saturated rings. The topological polar surface area (TPSA) is 86.1 Å². The van der Waals surface area contributed by atoms with Crippen LogP contribution < -0.4 is 10.1 Å². The molecule has 0 aliphatic rings. The third-order valence-corrected chi connectivity index (χ3v) is 6.03. The van der Waals surface area contributed by atoms with Crippen LogP contribution in [0.4, 0.5) is 5.69 Å². The molecule has 0 unspecified atom stereocenters. The van der Waals surface area contributed by atoms with Gasteiger partial charge in [0.1, 0.15) is 12.4 Å². The number of nitrogens with one attached hydrogen (secondary N) is 1. The highest BCUT2D eigenvalue weighted by Gasteiger charge is 2.17. The third kappa shape index (κ3) is 5.84. The summed E-state index contributed by atoms with van der Waals surface area (Å²) in [7, 11) is 0. The number of Topliss-reactive ketones (excluding diaryl/α,β-unsaturated/α-hetero) is 1. The molecule has 0 saturated carbocycles. The van der Waals surface area contributed by atoms with Crippen LogP contribution in [0.2, 0.25) is 5.02 Å². The van der Waals surface area contributed by atoms with Gasteiger partial charge in [-0.05, 0) is 43.3 Å². The van der Waals surface area contributed by atoms with Crippen LogP contribution in [-0.4, -0.2) is 32.2 Å². The van der Waals surface area contributed by atoms with Crippen LogP contribution in [0.25, 0.3) is 5.69 Å². The average molecular weight is 493 g/mol. The Kier molecular flexibility index (Phi) is 7.61. The van der Waals surface area contributed by atoms with E-state index >= 15 is 0 Å². The monoisotopic (exact) mass is 492 g/mol. The van der Waals surface area contributed by atoms with Crippen LogP contribution in [0, 0.1) is 0 Å². The molecular weight excluding hydrogens is 472 g/mol. The Hall–Kier alpha value is -3.62. The molecule has 4 aromatic rings. The molecule has 7 nitrogen and oxygen atoms in total. The number of hydrogen-bond acceptors (Lipinski definition) is 6. The molecule has 1 aromatic heterocycles. The highest BCUT2D eigenvalue weighted by molar-refractivity contribution is 7.99. The summed E-state index contributed by atoms with van der Waals surface area (Å²) in [5, 5.41) is 12.4. The minimum absolute atomic E-state index is 0.0621. The fourth-order valence-corrected chi connectivity index (χ4v) is 4.13. The molecular formula is C25H21ClN4O3S. The molecule has 0 saturated heterocycles. The van der Waals surface area contributed by atoms with Crippen molar-refractivity contribution in [2.75, 3.05) is 11.1 Å². The first kappa shape index (κ1) is 23.5. The second kappa shape index (κ2) is 11.0. The SMILES string of the molecule is CC(=O)c1cccc(NC(=O)CSc2nnc(COc3ccccc3Cl)n2-c2ccccc2)c1. The Morgan fingerprint density at radius 2 is 1.76 bits per heavy atom. The van der Waals surface area contributed by atoms with Gasteiger partial charge in [-0.2, -0.15) is 0 Å². The van der Waals surface area contributed by atoms with Crippen LogP contribution >= 0.6 is 23.4 Å². The van der Waals surface area contributed by atoms with Crippen molar-refractivity contribution in [2.24, 2.45) is 0 Å². The van der Waals surface area contributed by atoms with E-state index in [0.717, 1.165) is 5.69 Å². The Morgan fingerprint density at radius 1 is 1.00 bits per heavy atom. The zero-order valence-electron chi connectivity index (χ0n) is 18.3. The van der Waals surface area contributed by atoms with Crippen LogP contribution in [0.3, 0.4) is 0 Å². The molecule has 0 radical (unpaired) electrons. The molecule has 172 valence electrons. The lowest BCUT2D eigenvalue weighted by molar-refractivity contribution is -0.113. The summed E-state index contributed by atoms with van der Waals surface area (Å²) in [6.07, 6.45) is 0. The highest BCUT2D eigenvalue weighted by atomic mass is 35.5. The first-order valence-corrected chi connectivity index (χ1v) is 11.8. The van der Waals surface area contributed by atoms with E-state index in [9.17, 15) is 9.59 Å². The van der Waals surface area contributed by atoms with E-state index in [2.05, 4.69) is 15.5 Å². The van der Waals surface area contributed by atoms with Gasteiger partial charge in [-0.1, -0.05) is 65.8 Å². The van der Waals surface area contributed by atoms with Crippen LogP contribution in [0.1, 0.15) is 23.1 Å². The number of halogens is 1. The van der Waals surface area contributed by atoms with Gasteiger partial charge >= 0.3 is 0 Å². The van der Waals surface area contributed by atoms with E-state index < -0.39 is 0 Å². The van der Waals surface area contributed by atoms with Crippen molar-refractivity contribution >= 4 is 40.7 Å². The summed E-state index contributed by atoms with van der Waals surface area (Å²) in [5.41, 5.74) is 1.96. The maximum Gasteiger partial charge on any atom is 0.234 e. The van der Waals surface area contributed by atoms with E-state index in [0.29, 0.717) is 33.0 Å². The van der Waals surface area contributed by atoms with Gasteiger partial charge in [-0.25, -0.2) is 0 Å². The van der Waals surface area contributed by atoms with Gasteiger partial charge in [0, 0.05) is 16.9 Å². The lowest BCUT2D eigenvalue weighted by Gasteiger charge is -2.12. The fourth-order valence-electron chi connectivity index (χ4n) is 3.17. The van der Waals surface area contributed by atoms with E-state index in [4.69, 9.17) is 16.3 Å². The molecule has 1 N–H and O–H groups in total. The number of para-hydroxylation sites is 2. The van der Waals surface area contributed by atoms with Crippen molar-refractivity contribution in [1.82, 2.24) is 14.8 Å². The minimum Gasteiger partial charge on any atom is -0.484 e. The fraction of sp³-hybridized carbons (Fsp3) is 0.120. The Morgan fingerprint density at radius 3 is 2.53 bits per heavy atom. The summed E-state index contributed by atoms with van der Waals surface area (Å²) in [5.74, 6) is 0.951. The average Bonchev–Trinajstić information content (AvgIpc) is 3.25. The van der Waals surface area contributed by atoms with Gasteiger partial charge in [0.2, 0.25) is 5.91 Å². The molecule has 0 aliphatic heterocycles. The van der Waals surface area contributed by atoms with Gasteiger partial charge in [0.15, 0.2) is 16.8 Å². The summed E-state index contributed by atoms with van der Waals surface area (Å²) in [6, 6.07) is 23.7. The third-order valence-electron chi connectivity index (χ3n) is 4.79. The first-order valence-electron chi connectivity index (χ1n) is 10.4. The number of ether oxygens (including phenoxy) is 1. The van der Waals surface area contributed by atoms with E-state index in [1.165, 1.54) is 18.7 Å². The quantitative estimate of drug-likeness (QED) is 0.247. The number of benzene rings is 3. The summed E-state index contributed by atoms with van der Waals surface area (Å²) < 4.78 is 7.71. The predicted molar refractivity (Wildman–Crippen MR) is 133 cm³/mol. The normalized spacial score (nSPS) is 10.6. The largest absolute Gasteiger partial charge is 0.484 e. The van der Waals surface area contributed by atoms with Crippen molar-refractivity contribution in [3.8, 4) is 11.4 Å². The molecule has 0 bridgehead atoms. The Bertz CT molecular complexity index is 1310. The molecule has 0 spiro atoms. The number of ketones is 1. The van der Waals surface area contributed by atoms with Gasteiger partial charge in [-0.3, -0.25) is 14.2 Å². The van der Waals surface area contributed by atoms with Crippen molar-refractivity contribution in [1.29, 1.82) is 0 Å². The Balaban J connectivity index is 1.49. The molecule has 1 amide bonds. The van der Waals surface area contributed by atoms with Gasteiger partial charge in [0.25, 0.3) is 0 Å². The number of hydrogen-bond donors (Lipinski definition) is 1. The van der Waals surface area contributed by atoms with Crippen LogP contribution in [0.15, 0.2) is 84.0 Å². The van der Waals surface area contributed by atoms with E-state index in [1.807, 2.05) is 47.0 Å². The van der Waals surface area contributed by atoms with E-state index in [-0.39, 0.29) is 24.1 Å². The molecule has 9 heteroatoms. The maximum absolute atomic E-state index is 12.6. The second-order valence-electron chi connectivity index (χ2n) is 7.26. The van der Waals surface area contributed by atoms with Gasteiger partial charge < -0.3 is 10.1 Å². The minimum atomic E-state index is -0.220. The molecule has 0 atom stereocenters. The van der Waals surface area contributed by atoms with Crippen LogP contribution in [0.5, 0.6) is 5.75 Å². The zero-order chi connectivity index (χ0) is 23.9. The molecule has 4 rings (SSSR count). The number of anilines is 1. The lowest BCUT2D eigenvalue weighted by Crippen LogP contribution is -2.15. The second-order valence-corrected chi connectivity index (χ2v) is 8.61. The predicted octanol–water partition coefficient (Wildman–Crippen LogP) is 5.43. The summed E-state index contributed by atoms with van der Waals surface area (Å²) >= 11 is 7.45. The molecule has 34 heavy (non-hydrogen) atoms. The molecule has 3 aromatic carbocycles. The number of thioether (sulfide) groups is 1. The molecule has 0 aliphatic carbocycles. The van der Waals surface area contributed by atoms with Gasteiger partial charge in [-0.15, -0.1) is 10.2 Å². The van der Waals surface area contributed by atoms with Crippen molar-refractivity contribution < 1.29 is 14.3 Å². The lowest BCUT2D eigenvalue weighted by atomic mass is 10.1. The van der Waals surface area contributed by atoms with Crippen LogP contribution in [-0.2, 0) is 11.4 Å². The zero-order valence-corrected chi connectivity index (χ0v) is 19.8. The standard InChI is InChI=1S/C25H21ClN4O3S/c1-17(31)18-8-7-9-19(14-18)27-24(32)16-34-25-29-28-23(30(25)20-10-3-2-4-11-20)15-33-22-13-6-5-12-21(22)26/h2-14H,15-16H2,1H3,(H,27,32).